The number of rotatable bonds is 3. The molecule has 1 fully saturated rings. The van der Waals surface area contributed by atoms with Gasteiger partial charge in [-0.2, -0.15) is 0 Å². The number of fused-ring (bicyclic) bond motifs is 1. The fraction of sp³-hybridized carbons (Fsp3) is 0.318. The Kier molecular flexibility index (Phi) is 5.32. The lowest BCUT2D eigenvalue weighted by Crippen LogP contribution is -2.39. The van der Waals surface area contributed by atoms with Gasteiger partial charge in [-0.1, -0.05) is 18.2 Å². The van der Waals surface area contributed by atoms with E-state index >= 15 is 0 Å². The molecule has 29 heavy (non-hydrogen) atoms. The van der Waals surface area contributed by atoms with E-state index in [0.717, 1.165) is 28.6 Å². The first-order chi connectivity index (χ1) is 14.0. The van der Waals surface area contributed by atoms with Gasteiger partial charge in [0.15, 0.2) is 0 Å². The van der Waals surface area contributed by atoms with Crippen LogP contribution in [0.2, 0.25) is 0 Å². The maximum atomic E-state index is 14.1. The van der Waals surface area contributed by atoms with Crippen LogP contribution in [0.4, 0.5) is 4.39 Å². The summed E-state index contributed by atoms with van der Waals surface area (Å²) in [5.41, 5.74) is 1.05. The molecule has 0 spiro atoms. The number of aromatic nitrogens is 1. The number of benzene rings is 1. The summed E-state index contributed by atoms with van der Waals surface area (Å²) in [5, 5.41) is 0.966. The molecule has 2 aromatic heterocycles. The van der Waals surface area contributed by atoms with E-state index in [9.17, 15) is 14.0 Å². The molecule has 5 nitrogen and oxygen atoms in total. The van der Waals surface area contributed by atoms with Crippen LogP contribution in [-0.2, 0) is 0 Å². The van der Waals surface area contributed by atoms with Gasteiger partial charge < -0.3 is 9.80 Å². The highest BCUT2D eigenvalue weighted by molar-refractivity contribution is 7.20. The van der Waals surface area contributed by atoms with Crippen molar-refractivity contribution < 1.29 is 14.0 Å². The minimum absolute atomic E-state index is 0.0105. The van der Waals surface area contributed by atoms with Crippen molar-refractivity contribution >= 4 is 33.4 Å². The Hall–Kier alpha value is -2.80. The zero-order valence-corrected chi connectivity index (χ0v) is 17.2. The number of pyridine rings is 1. The summed E-state index contributed by atoms with van der Waals surface area (Å²) >= 11 is 1.40. The molecule has 3 heterocycles. The Bertz CT molecular complexity index is 1080. The minimum atomic E-state index is -0.506. The van der Waals surface area contributed by atoms with E-state index < -0.39 is 5.82 Å². The van der Waals surface area contributed by atoms with Crippen LogP contribution in [0.25, 0.3) is 10.2 Å². The molecule has 1 saturated heterocycles. The van der Waals surface area contributed by atoms with E-state index in [1.165, 1.54) is 23.5 Å². The summed E-state index contributed by atoms with van der Waals surface area (Å²) < 4.78 is 14.1. The van der Waals surface area contributed by atoms with Crippen LogP contribution in [0.5, 0.6) is 0 Å². The second-order valence-corrected chi connectivity index (χ2v) is 8.47. The van der Waals surface area contributed by atoms with Crippen LogP contribution < -0.4 is 0 Å². The summed E-state index contributed by atoms with van der Waals surface area (Å²) in [6, 6.07) is 9.93. The zero-order valence-electron chi connectivity index (χ0n) is 16.4. The normalized spacial score (nSPS) is 16.8. The van der Waals surface area contributed by atoms with Crippen LogP contribution in [0.1, 0.15) is 44.4 Å². The fourth-order valence-corrected chi connectivity index (χ4v) is 5.17. The van der Waals surface area contributed by atoms with Crippen LogP contribution in [0, 0.1) is 5.82 Å². The molecule has 0 saturated carbocycles. The molecule has 3 aromatic rings. The van der Waals surface area contributed by atoms with E-state index in [1.54, 1.807) is 42.2 Å². The molecule has 7 heteroatoms. The Morgan fingerprint density at radius 3 is 2.76 bits per heavy atom. The molecule has 0 unspecified atom stereocenters. The Labute approximate surface area is 172 Å². The van der Waals surface area contributed by atoms with Gasteiger partial charge in [0.05, 0.1) is 10.4 Å². The summed E-state index contributed by atoms with van der Waals surface area (Å²) in [6.07, 6.45) is 3.40. The van der Waals surface area contributed by atoms with Gasteiger partial charge >= 0.3 is 0 Å². The van der Waals surface area contributed by atoms with Crippen LogP contribution in [-0.4, -0.2) is 53.8 Å². The number of nitrogens with zero attached hydrogens (tertiary/aromatic N) is 3. The first kappa shape index (κ1) is 19.5. The first-order valence-electron chi connectivity index (χ1n) is 9.60. The average molecular weight is 412 g/mol. The summed E-state index contributed by atoms with van der Waals surface area (Å²) in [5.74, 6) is -0.851. The quantitative estimate of drug-likeness (QED) is 0.650. The van der Waals surface area contributed by atoms with Crippen molar-refractivity contribution in [3.05, 3.63) is 64.4 Å². The predicted octanol–water partition coefficient (Wildman–Crippen LogP) is 4.16. The smallest absolute Gasteiger partial charge is 0.263 e. The number of hydrogen-bond donors (Lipinski definition) is 0. The van der Waals surface area contributed by atoms with E-state index in [0.29, 0.717) is 18.0 Å². The molecule has 2 amide bonds. The van der Waals surface area contributed by atoms with Gasteiger partial charge in [-0.25, -0.2) is 9.37 Å². The zero-order chi connectivity index (χ0) is 20.5. The van der Waals surface area contributed by atoms with Gasteiger partial charge in [-0.05, 0) is 36.6 Å². The molecule has 1 aliphatic heterocycles. The lowest BCUT2D eigenvalue weighted by atomic mass is 9.88. The SMILES string of the molecule is CN(C)C(=O)c1sc2ncccc2c1[C@@H]1CCCN(C(=O)c2ccccc2F)C1. The molecule has 0 bridgehead atoms. The van der Waals surface area contributed by atoms with E-state index in [4.69, 9.17) is 0 Å². The Balaban J connectivity index is 1.71. The Morgan fingerprint density at radius 2 is 2.00 bits per heavy atom. The third kappa shape index (κ3) is 3.62. The number of carbonyl (C=O) groups is 2. The highest BCUT2D eigenvalue weighted by atomic mass is 32.1. The van der Waals surface area contributed by atoms with Gasteiger partial charge in [0.25, 0.3) is 11.8 Å². The molecule has 0 radical (unpaired) electrons. The topological polar surface area (TPSA) is 53.5 Å². The van der Waals surface area contributed by atoms with Crippen LogP contribution >= 0.6 is 11.3 Å². The lowest BCUT2D eigenvalue weighted by Gasteiger charge is -2.33. The summed E-state index contributed by atoms with van der Waals surface area (Å²) in [7, 11) is 3.47. The van der Waals surface area contributed by atoms with Gasteiger partial charge in [-0.15, -0.1) is 11.3 Å². The number of hydrogen-bond acceptors (Lipinski definition) is 4. The third-order valence-electron chi connectivity index (χ3n) is 5.33. The summed E-state index contributed by atoms with van der Waals surface area (Å²) in [4.78, 5) is 35.0. The highest BCUT2D eigenvalue weighted by Gasteiger charge is 2.32. The molecule has 1 aromatic carbocycles. The fourth-order valence-electron chi connectivity index (χ4n) is 3.92. The van der Waals surface area contributed by atoms with Crippen molar-refractivity contribution in [2.45, 2.75) is 18.8 Å². The maximum Gasteiger partial charge on any atom is 0.263 e. The maximum absolute atomic E-state index is 14.1. The number of halogens is 1. The van der Waals surface area contributed by atoms with E-state index in [-0.39, 0.29) is 23.3 Å². The number of carbonyl (C=O) groups excluding carboxylic acids is 2. The number of likely N-dealkylation sites (tertiary alicyclic amines) is 1. The first-order valence-corrected chi connectivity index (χ1v) is 10.4. The second kappa shape index (κ2) is 7.91. The number of thiophene rings is 1. The Morgan fingerprint density at radius 1 is 1.21 bits per heavy atom. The second-order valence-electron chi connectivity index (χ2n) is 7.47. The van der Waals surface area contributed by atoms with Crippen molar-refractivity contribution in [3.8, 4) is 0 Å². The standard InChI is InChI=1S/C22H22FN3O2S/c1-25(2)22(28)19-18(16-9-5-11-24-20(16)29-19)14-7-6-12-26(13-14)21(27)15-8-3-4-10-17(15)23/h3-5,8-11,14H,6-7,12-13H2,1-2H3/t14-/m1/s1. The van der Waals surface area contributed by atoms with Crippen molar-refractivity contribution in [2.24, 2.45) is 0 Å². The lowest BCUT2D eigenvalue weighted by molar-refractivity contribution is 0.0702. The van der Waals surface area contributed by atoms with Crippen molar-refractivity contribution in [1.82, 2.24) is 14.8 Å². The van der Waals surface area contributed by atoms with Gasteiger partial charge in [-0.3, -0.25) is 9.59 Å². The molecule has 0 aliphatic carbocycles. The third-order valence-corrected chi connectivity index (χ3v) is 6.44. The monoisotopic (exact) mass is 411 g/mol. The molecular weight excluding hydrogens is 389 g/mol. The van der Waals surface area contributed by atoms with Crippen molar-refractivity contribution in [3.63, 3.8) is 0 Å². The molecule has 0 N–H and O–H groups in total. The number of piperidine rings is 1. The van der Waals surface area contributed by atoms with E-state index in [2.05, 4.69) is 4.98 Å². The van der Waals surface area contributed by atoms with Gasteiger partial charge in [0.1, 0.15) is 10.6 Å². The number of amides is 2. The molecular formula is C22H22FN3O2S. The largest absolute Gasteiger partial charge is 0.344 e. The molecule has 1 atom stereocenters. The van der Waals surface area contributed by atoms with Crippen molar-refractivity contribution in [2.75, 3.05) is 27.2 Å². The summed E-state index contributed by atoms with van der Waals surface area (Å²) in [6.45, 7) is 1.04. The van der Waals surface area contributed by atoms with Gasteiger partial charge in [0, 0.05) is 44.7 Å². The molecule has 4 rings (SSSR count). The molecule has 150 valence electrons. The van der Waals surface area contributed by atoms with Gasteiger partial charge in [0.2, 0.25) is 0 Å². The predicted molar refractivity (Wildman–Crippen MR) is 112 cm³/mol. The van der Waals surface area contributed by atoms with Crippen LogP contribution in [0.3, 0.4) is 0 Å². The van der Waals surface area contributed by atoms with Crippen LogP contribution in [0.15, 0.2) is 42.6 Å². The highest BCUT2D eigenvalue weighted by Crippen LogP contribution is 2.39. The van der Waals surface area contributed by atoms with E-state index in [1.807, 2.05) is 12.1 Å². The molecule has 1 aliphatic rings. The minimum Gasteiger partial charge on any atom is -0.344 e. The van der Waals surface area contributed by atoms with Crippen molar-refractivity contribution in [1.29, 1.82) is 0 Å². The average Bonchev–Trinajstić information content (AvgIpc) is 3.12.